The first-order chi connectivity index (χ1) is 10.1. The zero-order valence-electron chi connectivity index (χ0n) is 11.1. The van der Waals surface area contributed by atoms with E-state index in [4.69, 9.17) is 17.0 Å². The van der Waals surface area contributed by atoms with Gasteiger partial charge in [-0.05, 0) is 36.9 Å². The lowest BCUT2D eigenvalue weighted by Gasteiger charge is -2.02. The highest BCUT2D eigenvalue weighted by atomic mass is 35.5. The number of halogens is 1. The number of hydrogen-bond donors (Lipinski definition) is 2. The van der Waals surface area contributed by atoms with Crippen molar-refractivity contribution in [3.63, 3.8) is 0 Å². The molecule has 21 heavy (non-hydrogen) atoms. The average molecular weight is 319 g/mol. The van der Waals surface area contributed by atoms with E-state index in [1.54, 1.807) is 10.8 Å². The van der Waals surface area contributed by atoms with Crippen LogP contribution in [0.15, 0.2) is 35.2 Å². The lowest BCUT2D eigenvalue weighted by molar-refractivity contribution is -0.115. The highest BCUT2D eigenvalue weighted by Gasteiger charge is 2.24. The molecule has 1 amide bonds. The molecule has 0 bridgehead atoms. The van der Waals surface area contributed by atoms with Gasteiger partial charge in [-0.1, -0.05) is 29.8 Å². The maximum atomic E-state index is 11.7. The number of aromatic nitrogens is 2. The highest BCUT2D eigenvalue weighted by molar-refractivity contribution is 8.18. The maximum Gasteiger partial charge on any atom is 0.264 e. The quantitative estimate of drug-likeness (QED) is 0.836. The number of rotatable bonds is 2. The van der Waals surface area contributed by atoms with Gasteiger partial charge >= 0.3 is 0 Å². The number of nitrogens with one attached hydrogen (secondary N) is 2. The van der Waals surface area contributed by atoms with Crippen molar-refractivity contribution in [1.82, 2.24) is 15.1 Å². The van der Waals surface area contributed by atoms with Gasteiger partial charge in [0.25, 0.3) is 5.91 Å². The molecule has 1 aromatic heterocycles. The SMILES string of the molecule is Cc1nn(-c2ccccc2)c(Cl)c1/C=C1\SC(=N)NC1=O. The van der Waals surface area contributed by atoms with Crippen molar-refractivity contribution >= 4 is 40.5 Å². The molecule has 0 saturated carbocycles. The van der Waals surface area contributed by atoms with Gasteiger partial charge in [-0.3, -0.25) is 10.2 Å². The summed E-state index contributed by atoms with van der Waals surface area (Å²) < 4.78 is 1.63. The predicted octanol–water partition coefficient (Wildman–Crippen LogP) is 2.97. The Morgan fingerprint density at radius 1 is 1.38 bits per heavy atom. The van der Waals surface area contributed by atoms with Crippen LogP contribution in [0, 0.1) is 12.3 Å². The van der Waals surface area contributed by atoms with Gasteiger partial charge in [0.2, 0.25) is 0 Å². The van der Waals surface area contributed by atoms with Crippen LogP contribution in [0.1, 0.15) is 11.3 Å². The smallest absolute Gasteiger partial charge is 0.264 e. The third-order valence-electron chi connectivity index (χ3n) is 2.99. The van der Waals surface area contributed by atoms with E-state index in [1.165, 1.54) is 0 Å². The van der Waals surface area contributed by atoms with Gasteiger partial charge in [0, 0.05) is 5.56 Å². The van der Waals surface area contributed by atoms with Crippen LogP contribution < -0.4 is 5.32 Å². The average Bonchev–Trinajstić information content (AvgIpc) is 2.93. The summed E-state index contributed by atoms with van der Waals surface area (Å²) in [6.07, 6.45) is 1.67. The minimum absolute atomic E-state index is 0.121. The van der Waals surface area contributed by atoms with Crippen LogP contribution in [0.25, 0.3) is 11.8 Å². The normalized spacial score (nSPS) is 16.6. The van der Waals surface area contributed by atoms with Crippen LogP contribution in [0.5, 0.6) is 0 Å². The van der Waals surface area contributed by atoms with Gasteiger partial charge in [0.05, 0.1) is 16.3 Å². The first-order valence-corrected chi connectivity index (χ1v) is 7.35. The monoisotopic (exact) mass is 318 g/mol. The van der Waals surface area contributed by atoms with E-state index < -0.39 is 0 Å². The molecule has 0 radical (unpaired) electrons. The van der Waals surface area contributed by atoms with Crippen molar-refractivity contribution in [2.45, 2.75) is 6.92 Å². The molecule has 2 N–H and O–H groups in total. The standard InChI is InChI=1S/C14H11ClN4OS/c1-8-10(7-11-13(20)17-14(16)21-11)12(15)19(18-8)9-5-3-2-4-6-9/h2-7H,1H3,(H2,16,17,20)/b11-7-. The fourth-order valence-electron chi connectivity index (χ4n) is 1.99. The number of amides is 1. The minimum atomic E-state index is -0.284. The minimum Gasteiger partial charge on any atom is -0.301 e. The summed E-state index contributed by atoms with van der Waals surface area (Å²) in [5, 5.41) is 14.9. The first kappa shape index (κ1) is 13.9. The molecule has 1 aliphatic heterocycles. The molecule has 2 aromatic rings. The Kier molecular flexibility index (Phi) is 3.57. The number of benzene rings is 1. The summed E-state index contributed by atoms with van der Waals surface area (Å²) in [7, 11) is 0. The number of hydrogen-bond acceptors (Lipinski definition) is 4. The Morgan fingerprint density at radius 3 is 2.71 bits per heavy atom. The van der Waals surface area contributed by atoms with Crippen LogP contribution in [0.4, 0.5) is 0 Å². The van der Waals surface area contributed by atoms with Gasteiger partial charge in [0.15, 0.2) is 5.17 Å². The Labute approximate surface area is 130 Å². The van der Waals surface area contributed by atoms with E-state index in [0.717, 1.165) is 23.1 Å². The molecule has 1 saturated heterocycles. The summed E-state index contributed by atoms with van der Waals surface area (Å²) in [6, 6.07) is 9.54. The summed E-state index contributed by atoms with van der Waals surface area (Å²) in [5.74, 6) is -0.284. The predicted molar refractivity (Wildman–Crippen MR) is 84.7 cm³/mol. The molecular weight excluding hydrogens is 308 g/mol. The lowest BCUT2D eigenvalue weighted by Crippen LogP contribution is -2.18. The molecule has 1 aliphatic rings. The van der Waals surface area contributed by atoms with Crippen molar-refractivity contribution in [2.24, 2.45) is 0 Å². The fraction of sp³-hybridized carbons (Fsp3) is 0.0714. The Morgan fingerprint density at radius 2 is 2.10 bits per heavy atom. The number of carbonyl (C=O) groups excluding carboxylic acids is 1. The molecule has 2 heterocycles. The lowest BCUT2D eigenvalue weighted by atomic mass is 10.2. The molecule has 0 spiro atoms. The molecule has 1 fully saturated rings. The molecule has 106 valence electrons. The van der Waals surface area contributed by atoms with Gasteiger partial charge < -0.3 is 5.32 Å². The highest BCUT2D eigenvalue weighted by Crippen LogP contribution is 2.30. The molecule has 0 aliphatic carbocycles. The van der Waals surface area contributed by atoms with Gasteiger partial charge in [0.1, 0.15) is 5.15 Å². The van der Waals surface area contributed by atoms with Crippen molar-refractivity contribution < 1.29 is 4.79 Å². The third kappa shape index (κ3) is 2.59. The van der Waals surface area contributed by atoms with Crippen molar-refractivity contribution in [3.8, 4) is 5.69 Å². The van der Waals surface area contributed by atoms with E-state index in [0.29, 0.717) is 15.6 Å². The Bertz CT molecular complexity index is 767. The van der Waals surface area contributed by atoms with E-state index in [2.05, 4.69) is 10.4 Å². The van der Waals surface area contributed by atoms with Gasteiger partial charge in [-0.2, -0.15) is 5.10 Å². The number of aryl methyl sites for hydroxylation is 1. The van der Waals surface area contributed by atoms with Crippen molar-refractivity contribution in [3.05, 3.63) is 51.6 Å². The maximum absolute atomic E-state index is 11.7. The summed E-state index contributed by atoms with van der Waals surface area (Å²) >= 11 is 7.47. The van der Waals surface area contributed by atoms with Crippen molar-refractivity contribution in [2.75, 3.05) is 0 Å². The molecule has 3 rings (SSSR count). The fourth-order valence-corrected chi connectivity index (χ4v) is 3.00. The number of amidine groups is 1. The van der Waals surface area contributed by atoms with E-state index >= 15 is 0 Å². The number of para-hydroxylation sites is 1. The molecule has 7 heteroatoms. The Hall–Kier alpha value is -2.05. The van der Waals surface area contributed by atoms with Crippen LogP contribution in [0.2, 0.25) is 5.15 Å². The van der Waals surface area contributed by atoms with Gasteiger partial charge in [-0.15, -0.1) is 0 Å². The summed E-state index contributed by atoms with van der Waals surface area (Å²) in [4.78, 5) is 12.1. The van der Waals surface area contributed by atoms with Crippen LogP contribution in [-0.2, 0) is 4.79 Å². The summed E-state index contributed by atoms with van der Waals surface area (Å²) in [6.45, 7) is 1.83. The number of nitrogens with zero attached hydrogens (tertiary/aromatic N) is 2. The van der Waals surface area contributed by atoms with Crippen LogP contribution >= 0.6 is 23.4 Å². The second-order valence-corrected chi connectivity index (χ2v) is 5.84. The zero-order chi connectivity index (χ0) is 15.0. The summed E-state index contributed by atoms with van der Waals surface area (Å²) in [5.41, 5.74) is 2.27. The molecule has 0 unspecified atom stereocenters. The second kappa shape index (κ2) is 5.38. The van der Waals surface area contributed by atoms with E-state index in [1.807, 2.05) is 37.3 Å². The molecular formula is C14H11ClN4OS. The van der Waals surface area contributed by atoms with E-state index in [-0.39, 0.29) is 11.1 Å². The molecule has 5 nitrogen and oxygen atoms in total. The molecule has 1 aromatic carbocycles. The second-order valence-electron chi connectivity index (χ2n) is 4.43. The third-order valence-corrected chi connectivity index (χ3v) is 4.18. The van der Waals surface area contributed by atoms with Crippen LogP contribution in [-0.4, -0.2) is 20.9 Å². The number of carbonyl (C=O) groups is 1. The topological polar surface area (TPSA) is 70.8 Å². The molecule has 0 atom stereocenters. The zero-order valence-corrected chi connectivity index (χ0v) is 12.6. The first-order valence-electron chi connectivity index (χ1n) is 6.16. The van der Waals surface area contributed by atoms with E-state index in [9.17, 15) is 4.79 Å². The Balaban J connectivity index is 2.06. The van der Waals surface area contributed by atoms with Crippen molar-refractivity contribution in [1.29, 1.82) is 5.41 Å². The van der Waals surface area contributed by atoms with Gasteiger partial charge in [-0.25, -0.2) is 4.68 Å². The van der Waals surface area contributed by atoms with Crippen LogP contribution in [0.3, 0.4) is 0 Å². The number of thioether (sulfide) groups is 1. The largest absolute Gasteiger partial charge is 0.301 e.